The van der Waals surface area contributed by atoms with Gasteiger partial charge in [0.25, 0.3) is 17.5 Å². The molecule has 0 aliphatic carbocycles. The molecule has 0 saturated heterocycles. The van der Waals surface area contributed by atoms with Gasteiger partial charge in [0.2, 0.25) is 0 Å². The van der Waals surface area contributed by atoms with Gasteiger partial charge in [-0.25, -0.2) is 37.0 Å². The fourth-order valence-corrected chi connectivity index (χ4v) is 4.16. The van der Waals surface area contributed by atoms with E-state index in [1.54, 1.807) is 5.10 Å². The lowest BCUT2D eigenvalue weighted by Crippen LogP contribution is -2.30. The molecule has 9 nitrogen and oxygen atoms in total. The second-order valence-electron chi connectivity index (χ2n) is 9.01. The summed E-state index contributed by atoms with van der Waals surface area (Å²) in [5, 5.41) is 6.45. The van der Waals surface area contributed by atoms with Gasteiger partial charge in [0.1, 0.15) is 29.2 Å². The lowest BCUT2D eigenvalue weighted by atomic mass is 10.1. The van der Waals surface area contributed by atoms with E-state index in [0.717, 1.165) is 6.07 Å². The summed E-state index contributed by atoms with van der Waals surface area (Å²) in [5.41, 5.74) is -0.383. The number of rotatable bonds is 8. The molecule has 0 spiro atoms. The normalized spacial score (nSPS) is 13.5. The van der Waals surface area contributed by atoms with Crippen LogP contribution in [0.3, 0.4) is 0 Å². The number of pyridine rings is 1. The molecule has 0 aliphatic rings. The molecule has 0 radical (unpaired) electrons. The Morgan fingerprint density at radius 1 is 1.07 bits per heavy atom. The lowest BCUT2D eigenvalue weighted by Gasteiger charge is -2.20. The van der Waals surface area contributed by atoms with E-state index in [0.29, 0.717) is 29.2 Å². The third kappa shape index (κ3) is 6.12. The Morgan fingerprint density at radius 2 is 1.78 bits per heavy atom. The topological polar surface area (TPSA) is 132 Å². The summed E-state index contributed by atoms with van der Waals surface area (Å²) in [5.74, 6) is -3.24. The molecule has 3 aromatic heterocycles. The first-order chi connectivity index (χ1) is 19.2. The van der Waals surface area contributed by atoms with Gasteiger partial charge in [-0.05, 0) is 19.1 Å². The third-order valence-electron chi connectivity index (χ3n) is 5.99. The molecule has 218 valence electrons. The molecular formula is C24H19F8N7O2. The zero-order valence-electron chi connectivity index (χ0n) is 20.7. The quantitative estimate of drug-likeness (QED) is 0.256. The molecule has 17 heteroatoms. The Hall–Kier alpha value is -4.57. The third-order valence-corrected chi connectivity index (χ3v) is 5.99. The number of nitrogens with two attached hydrogens (primary N) is 1. The van der Waals surface area contributed by atoms with Crippen LogP contribution in [0.1, 0.15) is 30.9 Å². The monoisotopic (exact) mass is 589 g/mol. The summed E-state index contributed by atoms with van der Waals surface area (Å²) in [7, 11) is 0. The molecule has 0 bridgehead atoms. The number of nitrogens with zero attached hydrogens (tertiary/aromatic N) is 4. The van der Waals surface area contributed by atoms with Gasteiger partial charge >= 0.3 is 6.18 Å². The number of anilines is 2. The largest absolute Gasteiger partial charge is 0.423 e. The molecule has 3 heterocycles. The Labute approximate surface area is 224 Å². The molecule has 4 rings (SSSR count). The van der Waals surface area contributed by atoms with E-state index in [1.807, 2.05) is 0 Å². The van der Waals surface area contributed by atoms with Crippen molar-refractivity contribution >= 4 is 22.3 Å². The number of hydrogen-bond donors (Lipinski definition) is 3. The lowest BCUT2D eigenvalue weighted by molar-refractivity contribution is -0.138. The highest BCUT2D eigenvalue weighted by molar-refractivity contribution is 5.86. The average Bonchev–Trinajstić information content (AvgIpc) is 2.85. The standard InChI is InChI=1S/C24H19F8N7O2/c1-9(36-17-6-35-38-22(40)18(17)24(30,31)32)2-10(25)7-39-8-16(27)11-3-13(15(26)4-12(11)23(39)41)21-34-5-14(19(28)29)20(33)37-21/h3-6,8-10,19H,2,7H2,1H3,(H2,33,34,37)(H2,36,38,40). The van der Waals surface area contributed by atoms with Gasteiger partial charge in [-0.1, -0.05) is 0 Å². The predicted octanol–water partition coefficient (Wildman–Crippen LogP) is 4.59. The second kappa shape index (κ2) is 11.1. The predicted molar refractivity (Wildman–Crippen MR) is 131 cm³/mol. The number of benzene rings is 1. The van der Waals surface area contributed by atoms with Crippen molar-refractivity contribution in [3.05, 3.63) is 74.2 Å². The minimum absolute atomic E-state index is 0.394. The Bertz CT molecular complexity index is 1720. The van der Waals surface area contributed by atoms with Crippen molar-refractivity contribution in [1.29, 1.82) is 0 Å². The van der Waals surface area contributed by atoms with E-state index in [4.69, 9.17) is 5.73 Å². The summed E-state index contributed by atoms with van der Waals surface area (Å²) in [6.45, 7) is 0.576. The van der Waals surface area contributed by atoms with Crippen molar-refractivity contribution < 1.29 is 35.1 Å². The average molecular weight is 589 g/mol. The van der Waals surface area contributed by atoms with Gasteiger partial charge < -0.3 is 15.6 Å². The number of alkyl halides is 6. The molecule has 0 fully saturated rings. The summed E-state index contributed by atoms with van der Waals surface area (Å²) in [6.07, 6.45) is -8.32. The Morgan fingerprint density at radius 3 is 2.41 bits per heavy atom. The molecule has 41 heavy (non-hydrogen) atoms. The van der Waals surface area contributed by atoms with Gasteiger partial charge in [0.15, 0.2) is 5.82 Å². The highest BCUT2D eigenvalue weighted by atomic mass is 19.4. The number of hydrogen-bond acceptors (Lipinski definition) is 7. The van der Waals surface area contributed by atoms with Crippen LogP contribution in [0, 0.1) is 11.6 Å². The molecule has 0 aliphatic heterocycles. The number of aromatic amines is 1. The van der Waals surface area contributed by atoms with Crippen molar-refractivity contribution in [3.63, 3.8) is 0 Å². The minimum atomic E-state index is -5.02. The number of fused-ring (bicyclic) bond motifs is 1. The van der Waals surface area contributed by atoms with Gasteiger partial charge in [-0.15, -0.1) is 0 Å². The first kappa shape index (κ1) is 29.4. The summed E-state index contributed by atoms with van der Waals surface area (Å²) in [4.78, 5) is 31.7. The second-order valence-corrected chi connectivity index (χ2v) is 9.01. The zero-order chi connectivity index (χ0) is 30.2. The molecule has 4 aromatic rings. The van der Waals surface area contributed by atoms with Crippen LogP contribution >= 0.6 is 0 Å². The van der Waals surface area contributed by atoms with Crippen molar-refractivity contribution in [3.8, 4) is 11.4 Å². The Kier molecular flexibility index (Phi) is 7.98. The number of halogens is 8. The van der Waals surface area contributed by atoms with Gasteiger partial charge in [0.05, 0.1) is 34.9 Å². The highest BCUT2D eigenvalue weighted by Gasteiger charge is 2.37. The van der Waals surface area contributed by atoms with Gasteiger partial charge in [-0.3, -0.25) is 9.59 Å². The summed E-state index contributed by atoms with van der Waals surface area (Å²) < 4.78 is 111. The first-order valence-electron chi connectivity index (χ1n) is 11.7. The first-order valence-corrected chi connectivity index (χ1v) is 11.7. The number of nitrogens with one attached hydrogen (secondary N) is 2. The van der Waals surface area contributed by atoms with E-state index < -0.39 is 105 Å². The van der Waals surface area contributed by atoms with Crippen LogP contribution in [0.5, 0.6) is 0 Å². The zero-order valence-corrected chi connectivity index (χ0v) is 20.7. The fourth-order valence-electron chi connectivity index (χ4n) is 4.16. The van der Waals surface area contributed by atoms with Crippen LogP contribution in [0.15, 0.2) is 40.3 Å². The van der Waals surface area contributed by atoms with Gasteiger partial charge in [-0.2, -0.15) is 18.3 Å². The summed E-state index contributed by atoms with van der Waals surface area (Å²) >= 11 is 0. The van der Waals surface area contributed by atoms with Gasteiger partial charge in [0, 0.05) is 30.2 Å². The molecule has 2 atom stereocenters. The maximum atomic E-state index is 15.0. The van der Waals surface area contributed by atoms with Crippen molar-refractivity contribution in [2.24, 2.45) is 0 Å². The van der Waals surface area contributed by atoms with E-state index in [1.165, 1.54) is 6.92 Å². The van der Waals surface area contributed by atoms with Crippen LogP contribution in [0.2, 0.25) is 0 Å². The molecule has 2 unspecified atom stereocenters. The SMILES string of the molecule is CC(CC(F)Cn1cc(F)c2cc(-c3ncc(C(F)F)c(N)n3)c(F)cc2c1=O)Nc1cn[nH]c(=O)c1C(F)(F)F. The fraction of sp³-hybridized carbons (Fsp3) is 0.292. The minimum Gasteiger partial charge on any atom is -0.383 e. The number of nitrogen functional groups attached to an aromatic ring is 1. The smallest absolute Gasteiger partial charge is 0.383 e. The van der Waals surface area contributed by atoms with Crippen LogP contribution in [-0.2, 0) is 12.7 Å². The molecule has 0 saturated carbocycles. The van der Waals surface area contributed by atoms with Crippen molar-refractivity contribution in [2.75, 3.05) is 11.1 Å². The Balaban J connectivity index is 1.57. The molecule has 4 N–H and O–H groups in total. The van der Waals surface area contributed by atoms with Crippen LogP contribution in [-0.4, -0.2) is 36.9 Å². The van der Waals surface area contributed by atoms with Crippen LogP contribution in [0.4, 0.5) is 46.6 Å². The highest BCUT2D eigenvalue weighted by Crippen LogP contribution is 2.32. The van der Waals surface area contributed by atoms with Crippen LogP contribution < -0.4 is 22.2 Å². The van der Waals surface area contributed by atoms with E-state index in [2.05, 4.69) is 20.4 Å². The number of H-pyrrole nitrogens is 1. The van der Waals surface area contributed by atoms with Crippen LogP contribution in [0.25, 0.3) is 22.2 Å². The van der Waals surface area contributed by atoms with E-state index >= 15 is 0 Å². The van der Waals surface area contributed by atoms with E-state index in [-0.39, 0.29) is 0 Å². The maximum Gasteiger partial charge on any atom is 0.423 e. The summed E-state index contributed by atoms with van der Waals surface area (Å²) in [6, 6.07) is 0.540. The van der Waals surface area contributed by atoms with E-state index in [9.17, 15) is 44.7 Å². The van der Waals surface area contributed by atoms with Crippen molar-refractivity contribution in [1.82, 2.24) is 24.7 Å². The number of aromatic nitrogens is 5. The maximum absolute atomic E-state index is 15.0. The van der Waals surface area contributed by atoms with Crippen molar-refractivity contribution in [2.45, 2.75) is 44.7 Å². The molecule has 0 amide bonds. The molecule has 1 aromatic carbocycles. The molecular weight excluding hydrogens is 570 g/mol.